The Morgan fingerprint density at radius 1 is 1.16 bits per heavy atom. The number of rotatable bonds is 5. The number of halogens is 1. The Labute approximate surface area is 154 Å². The second-order valence-electron chi connectivity index (χ2n) is 5.71. The van der Waals surface area contributed by atoms with Crippen molar-refractivity contribution in [3.63, 3.8) is 0 Å². The Hall–Kier alpha value is -2.54. The number of hydrogen-bond acceptors (Lipinski definition) is 4. The summed E-state index contributed by atoms with van der Waals surface area (Å²) in [5.41, 5.74) is 1.92. The predicted molar refractivity (Wildman–Crippen MR) is 98.6 cm³/mol. The maximum absolute atomic E-state index is 12.5. The van der Waals surface area contributed by atoms with E-state index < -0.39 is 0 Å². The van der Waals surface area contributed by atoms with Crippen molar-refractivity contribution in [1.29, 1.82) is 0 Å². The van der Waals surface area contributed by atoms with Gasteiger partial charge in [0.2, 0.25) is 11.7 Å². The predicted octanol–water partition coefficient (Wildman–Crippen LogP) is 3.32. The van der Waals surface area contributed by atoms with Gasteiger partial charge in [0, 0.05) is 17.1 Å². The molecule has 0 bridgehead atoms. The summed E-state index contributed by atoms with van der Waals surface area (Å²) >= 11 is 3.47. The molecule has 0 saturated heterocycles. The van der Waals surface area contributed by atoms with Crippen LogP contribution in [0.1, 0.15) is 18.5 Å². The van der Waals surface area contributed by atoms with Gasteiger partial charge in [0.15, 0.2) is 0 Å². The maximum atomic E-state index is 12.5. The SMILES string of the molecule is C[C@H](c1ccccc1)N(C)C(=O)Cn1nnc(-c2ccccc2Br)n1. The molecule has 128 valence electrons. The highest BCUT2D eigenvalue weighted by atomic mass is 79.9. The minimum atomic E-state index is -0.0765. The van der Waals surface area contributed by atoms with E-state index in [1.54, 1.807) is 11.9 Å². The highest BCUT2D eigenvalue weighted by Crippen LogP contribution is 2.24. The van der Waals surface area contributed by atoms with Gasteiger partial charge in [0.05, 0.1) is 6.04 Å². The number of carbonyl (C=O) groups excluding carboxylic acids is 1. The first-order valence-corrected chi connectivity index (χ1v) is 8.69. The van der Waals surface area contributed by atoms with Crippen molar-refractivity contribution in [1.82, 2.24) is 25.1 Å². The highest BCUT2D eigenvalue weighted by molar-refractivity contribution is 9.10. The molecule has 6 nitrogen and oxygen atoms in total. The Kier molecular flexibility index (Phi) is 5.23. The van der Waals surface area contributed by atoms with Crippen LogP contribution in [0.25, 0.3) is 11.4 Å². The lowest BCUT2D eigenvalue weighted by Crippen LogP contribution is -2.33. The summed E-state index contributed by atoms with van der Waals surface area (Å²) in [6.07, 6.45) is 0. The normalized spacial score (nSPS) is 12.0. The average molecular weight is 400 g/mol. The maximum Gasteiger partial charge on any atom is 0.246 e. The minimum absolute atomic E-state index is 0.0278. The first-order chi connectivity index (χ1) is 12.1. The van der Waals surface area contributed by atoms with Crippen molar-refractivity contribution in [2.75, 3.05) is 7.05 Å². The van der Waals surface area contributed by atoms with Gasteiger partial charge in [-0.25, -0.2) is 0 Å². The molecule has 0 N–H and O–H groups in total. The third-order valence-corrected chi connectivity index (χ3v) is 4.79. The zero-order valence-corrected chi connectivity index (χ0v) is 15.6. The summed E-state index contributed by atoms with van der Waals surface area (Å²) in [6, 6.07) is 17.5. The Bertz CT molecular complexity index is 865. The average Bonchev–Trinajstić information content (AvgIpc) is 3.09. The van der Waals surface area contributed by atoms with Crippen LogP contribution in [-0.4, -0.2) is 38.1 Å². The van der Waals surface area contributed by atoms with Crippen molar-refractivity contribution in [2.45, 2.75) is 19.5 Å². The Balaban J connectivity index is 1.70. The van der Waals surface area contributed by atoms with E-state index in [4.69, 9.17) is 0 Å². The Morgan fingerprint density at radius 2 is 1.84 bits per heavy atom. The number of amides is 1. The first kappa shape index (κ1) is 17.3. The van der Waals surface area contributed by atoms with Crippen LogP contribution in [-0.2, 0) is 11.3 Å². The number of carbonyl (C=O) groups is 1. The number of benzene rings is 2. The lowest BCUT2D eigenvalue weighted by atomic mass is 10.1. The number of tetrazole rings is 1. The molecule has 0 aliphatic rings. The molecule has 2 aromatic carbocycles. The summed E-state index contributed by atoms with van der Waals surface area (Å²) in [6.45, 7) is 2.04. The van der Waals surface area contributed by atoms with Crippen molar-refractivity contribution < 1.29 is 4.79 Å². The van der Waals surface area contributed by atoms with Gasteiger partial charge in [0.1, 0.15) is 6.54 Å². The monoisotopic (exact) mass is 399 g/mol. The van der Waals surface area contributed by atoms with Crippen LogP contribution in [0.3, 0.4) is 0 Å². The molecular weight excluding hydrogens is 382 g/mol. The highest BCUT2D eigenvalue weighted by Gasteiger charge is 2.19. The fourth-order valence-electron chi connectivity index (χ4n) is 2.46. The molecule has 0 aliphatic heterocycles. The summed E-state index contributed by atoms with van der Waals surface area (Å²) in [4.78, 5) is 15.5. The molecule has 1 aromatic heterocycles. The largest absolute Gasteiger partial charge is 0.337 e. The molecule has 0 unspecified atom stereocenters. The van der Waals surface area contributed by atoms with Crippen LogP contribution in [0, 0.1) is 0 Å². The Morgan fingerprint density at radius 3 is 2.56 bits per heavy atom. The van der Waals surface area contributed by atoms with Gasteiger partial charge >= 0.3 is 0 Å². The standard InChI is InChI=1S/C18H18BrN5O/c1-13(14-8-4-3-5-9-14)23(2)17(25)12-24-21-18(20-22-24)15-10-6-7-11-16(15)19/h3-11,13H,12H2,1-2H3/t13-/m1/s1. The van der Waals surface area contributed by atoms with Crippen LogP contribution in [0.4, 0.5) is 0 Å². The van der Waals surface area contributed by atoms with Gasteiger partial charge < -0.3 is 4.90 Å². The van der Waals surface area contributed by atoms with Crippen molar-refractivity contribution >= 4 is 21.8 Å². The van der Waals surface area contributed by atoms with Gasteiger partial charge in [-0.2, -0.15) is 4.80 Å². The molecule has 0 aliphatic carbocycles. The van der Waals surface area contributed by atoms with Gasteiger partial charge in [-0.3, -0.25) is 4.79 Å². The second kappa shape index (κ2) is 7.57. The molecule has 1 heterocycles. The fourth-order valence-corrected chi connectivity index (χ4v) is 2.93. The molecule has 3 rings (SSSR count). The van der Waals surface area contributed by atoms with Crippen molar-refractivity contribution in [3.8, 4) is 11.4 Å². The van der Waals surface area contributed by atoms with Crippen LogP contribution >= 0.6 is 15.9 Å². The van der Waals surface area contributed by atoms with E-state index in [2.05, 4.69) is 31.3 Å². The summed E-state index contributed by atoms with van der Waals surface area (Å²) < 4.78 is 0.885. The third kappa shape index (κ3) is 3.93. The molecular formula is C18H18BrN5O. The van der Waals surface area contributed by atoms with Gasteiger partial charge in [-0.15, -0.1) is 10.2 Å². The summed E-state index contributed by atoms with van der Waals surface area (Å²) in [5.74, 6) is 0.409. The second-order valence-corrected chi connectivity index (χ2v) is 6.57. The summed E-state index contributed by atoms with van der Waals surface area (Å²) in [7, 11) is 1.78. The van der Waals surface area contributed by atoms with E-state index in [0.29, 0.717) is 5.82 Å². The van der Waals surface area contributed by atoms with E-state index in [1.165, 1.54) is 4.80 Å². The molecule has 1 amide bonds. The van der Waals surface area contributed by atoms with Crippen LogP contribution in [0.15, 0.2) is 59.1 Å². The zero-order chi connectivity index (χ0) is 17.8. The first-order valence-electron chi connectivity index (χ1n) is 7.89. The molecule has 3 aromatic rings. The van der Waals surface area contributed by atoms with Crippen LogP contribution in [0.2, 0.25) is 0 Å². The molecule has 1 atom stereocenters. The van der Waals surface area contributed by atoms with Gasteiger partial charge in [-0.05, 0) is 29.8 Å². The van der Waals surface area contributed by atoms with E-state index in [9.17, 15) is 4.79 Å². The minimum Gasteiger partial charge on any atom is -0.337 e. The van der Waals surface area contributed by atoms with Gasteiger partial charge in [-0.1, -0.05) is 58.4 Å². The molecule has 7 heteroatoms. The topological polar surface area (TPSA) is 63.9 Å². The lowest BCUT2D eigenvalue weighted by Gasteiger charge is -2.25. The number of hydrogen-bond donors (Lipinski definition) is 0. The number of nitrogens with zero attached hydrogens (tertiary/aromatic N) is 5. The van der Waals surface area contributed by atoms with E-state index in [1.807, 2.05) is 61.5 Å². The van der Waals surface area contributed by atoms with Crippen molar-refractivity contribution in [2.24, 2.45) is 0 Å². The van der Waals surface area contributed by atoms with Crippen molar-refractivity contribution in [3.05, 3.63) is 64.6 Å². The third-order valence-electron chi connectivity index (χ3n) is 4.10. The molecule has 0 radical (unpaired) electrons. The summed E-state index contributed by atoms with van der Waals surface area (Å²) in [5, 5.41) is 12.4. The molecule has 0 fully saturated rings. The molecule has 0 saturated carbocycles. The van der Waals surface area contributed by atoms with Crippen LogP contribution in [0.5, 0.6) is 0 Å². The zero-order valence-electron chi connectivity index (χ0n) is 14.0. The fraction of sp³-hybridized carbons (Fsp3) is 0.222. The molecule has 0 spiro atoms. The van der Waals surface area contributed by atoms with E-state index in [-0.39, 0.29) is 18.5 Å². The van der Waals surface area contributed by atoms with E-state index >= 15 is 0 Å². The molecule has 25 heavy (non-hydrogen) atoms. The van der Waals surface area contributed by atoms with Crippen LogP contribution < -0.4 is 0 Å². The lowest BCUT2D eigenvalue weighted by molar-refractivity contribution is -0.132. The van der Waals surface area contributed by atoms with Gasteiger partial charge in [0.25, 0.3) is 0 Å². The smallest absolute Gasteiger partial charge is 0.246 e. The number of likely N-dealkylation sites (N-methyl/N-ethyl adjacent to an activating group) is 1. The quantitative estimate of drug-likeness (QED) is 0.659. The number of aromatic nitrogens is 4. The van der Waals surface area contributed by atoms with E-state index in [0.717, 1.165) is 15.6 Å².